The highest BCUT2D eigenvalue weighted by Crippen LogP contribution is 2.62. The van der Waals surface area contributed by atoms with E-state index in [9.17, 15) is 0 Å². The largest absolute Gasteiger partial charge is 0.454 e. The van der Waals surface area contributed by atoms with Crippen molar-refractivity contribution in [2.24, 2.45) is 0 Å². The van der Waals surface area contributed by atoms with Crippen molar-refractivity contribution in [2.45, 2.75) is 5.41 Å². The van der Waals surface area contributed by atoms with E-state index < -0.39 is 17.1 Å². The Morgan fingerprint density at radius 3 is 1.54 bits per heavy atom. The van der Waals surface area contributed by atoms with Gasteiger partial charge in [0.1, 0.15) is 22.8 Å². The Kier molecular flexibility index (Phi) is 14.1. The molecule has 0 bridgehead atoms. The Morgan fingerprint density at radius 2 is 0.905 bits per heavy atom. The van der Waals surface area contributed by atoms with Crippen LogP contribution in [0.25, 0.3) is 99.7 Å². The predicted molar refractivity (Wildman–Crippen MR) is 389 cm³/mol. The zero-order valence-electron chi connectivity index (χ0n) is 51.5. The molecule has 1 aliphatic rings. The molecule has 14 aromatic carbocycles. The molecule has 0 radical (unpaired) electrons. The average Bonchev–Trinajstić information content (AvgIpc) is 1.54. The van der Waals surface area contributed by atoms with Gasteiger partial charge in [-0.2, -0.15) is 0 Å². The van der Waals surface area contributed by atoms with Gasteiger partial charge in [-0.05, 0) is 133 Å². The topological polar surface area (TPSA) is 32.8 Å². The molecule has 450 valence electrons. The molecule has 0 spiro atoms. The summed E-state index contributed by atoms with van der Waals surface area (Å²) in [6.07, 6.45) is 7.17. The third-order valence-corrected chi connectivity index (χ3v) is 18.7. The van der Waals surface area contributed by atoms with Crippen LogP contribution in [-0.2, 0) is 5.41 Å². The van der Waals surface area contributed by atoms with Crippen LogP contribution in [0, 0.1) is 5.82 Å². The Labute approximate surface area is 548 Å². The van der Waals surface area contributed by atoms with Gasteiger partial charge in [-0.15, -0.1) is 0 Å². The van der Waals surface area contributed by atoms with Crippen LogP contribution in [0.4, 0.5) is 37.2 Å². The van der Waals surface area contributed by atoms with E-state index in [0.717, 1.165) is 110 Å². The van der Waals surface area contributed by atoms with E-state index in [4.69, 9.17) is 8.83 Å². The molecular formula is C89H58F2N2O2. The number of para-hydroxylation sites is 4. The van der Waals surface area contributed by atoms with E-state index in [-0.39, 0.29) is 0 Å². The van der Waals surface area contributed by atoms with E-state index in [1.165, 1.54) is 0 Å². The van der Waals surface area contributed by atoms with Gasteiger partial charge in [-0.3, -0.25) is 0 Å². The van der Waals surface area contributed by atoms with Crippen LogP contribution in [-0.4, -0.2) is 0 Å². The van der Waals surface area contributed by atoms with E-state index in [1.807, 2.05) is 181 Å². The zero-order chi connectivity index (χ0) is 63.4. The molecule has 0 unspecified atom stereocenters. The number of hydrogen-bond donors (Lipinski definition) is 0. The first-order valence-electron chi connectivity index (χ1n) is 32.0. The van der Waals surface area contributed by atoms with Crippen LogP contribution in [0.2, 0.25) is 0 Å². The quantitative estimate of drug-likeness (QED) is 0.102. The van der Waals surface area contributed by atoms with Crippen molar-refractivity contribution < 1.29 is 17.6 Å². The van der Waals surface area contributed by atoms with E-state index >= 15 is 8.78 Å². The van der Waals surface area contributed by atoms with Crippen molar-refractivity contribution in [3.05, 3.63) is 391 Å². The Balaban J connectivity index is 0.957. The fourth-order valence-electron chi connectivity index (χ4n) is 14.5. The second-order valence-corrected chi connectivity index (χ2v) is 24.1. The number of benzene rings is 14. The summed E-state index contributed by atoms with van der Waals surface area (Å²) < 4.78 is 50.9. The van der Waals surface area contributed by atoms with Crippen molar-refractivity contribution in [3.63, 3.8) is 0 Å². The molecule has 0 saturated carbocycles. The molecule has 6 heteroatoms. The summed E-state index contributed by atoms with van der Waals surface area (Å²) in [5.74, 6) is -0.893. The fraction of sp³-hybridized carbons (Fsp3) is 0.0112. The highest BCUT2D eigenvalue weighted by molar-refractivity contribution is 6.16. The SMILES string of the molecule is FC(=C\N(c1ccc2c(c1)C(c1ccccc1)(c1ccccc1)c1cc(N(c3c(F)cc(-c4ccccc4)cc3-c3ccccc3)c3cccc4c3oc3ccccc34)c3ccccc3c1-2)c1cccc2c1oc1ccccc12)/C=C(\C=C\c1ccccc1)c1ccccc1. The lowest BCUT2D eigenvalue weighted by molar-refractivity contribution is 0.629. The molecule has 17 rings (SSSR count). The normalized spacial score (nSPS) is 12.9. The number of anilines is 5. The molecule has 4 nitrogen and oxygen atoms in total. The van der Waals surface area contributed by atoms with E-state index in [0.29, 0.717) is 45.1 Å². The molecule has 0 N–H and O–H groups in total. The van der Waals surface area contributed by atoms with Crippen molar-refractivity contribution in [2.75, 3.05) is 9.80 Å². The molecule has 0 saturated heterocycles. The molecule has 2 heterocycles. The van der Waals surface area contributed by atoms with Crippen molar-refractivity contribution >= 4 is 94.7 Å². The van der Waals surface area contributed by atoms with Crippen LogP contribution in [0.3, 0.4) is 0 Å². The molecule has 95 heavy (non-hydrogen) atoms. The van der Waals surface area contributed by atoms with Gasteiger partial charge in [-0.1, -0.05) is 285 Å². The lowest BCUT2D eigenvalue weighted by atomic mass is 9.67. The maximum atomic E-state index is 18.9. The van der Waals surface area contributed by atoms with Crippen LogP contribution in [0.5, 0.6) is 0 Å². The first-order valence-corrected chi connectivity index (χ1v) is 32.0. The molecule has 1 aliphatic carbocycles. The lowest BCUT2D eigenvalue weighted by Gasteiger charge is -2.36. The third-order valence-electron chi connectivity index (χ3n) is 18.7. The number of halogens is 2. The molecule has 2 aromatic heterocycles. The average molecular weight is 1230 g/mol. The molecule has 16 aromatic rings. The number of allylic oxidation sites excluding steroid dienone is 4. The smallest absolute Gasteiger partial charge is 0.159 e. The minimum atomic E-state index is -1.06. The van der Waals surface area contributed by atoms with Gasteiger partial charge in [0.15, 0.2) is 11.2 Å². The maximum absolute atomic E-state index is 18.9. The standard InChI is InChI=1S/C89H58F2N2O2/c90-67(53-63(60-29-9-2-10-30-60)50-49-59-27-7-1-8-28-59)58-92(80-45-25-43-73-70-40-21-23-47-83(70)94-87(73)80)68-51-52-75-77(56-68)89(65-35-15-5-16-36-65,66-37-17-6-18-38-66)78-57-82(69-39-19-20-42-72(69)85(75)78)93(81-46-26-44-74-71-41-22-24-48-84(71)95-88(74)81)86-76(62-33-13-4-14-34-62)54-64(55-79(86)91)61-31-11-3-12-32-61/h1-58H/b50-49+,63-53+,67-58-. The Bertz CT molecular complexity index is 5640. The van der Waals surface area contributed by atoms with Gasteiger partial charge in [-0.25, -0.2) is 8.78 Å². The van der Waals surface area contributed by atoms with Crippen molar-refractivity contribution in [1.29, 1.82) is 0 Å². The summed E-state index contributed by atoms with van der Waals surface area (Å²) in [4.78, 5) is 4.06. The highest BCUT2D eigenvalue weighted by Gasteiger charge is 2.48. The van der Waals surface area contributed by atoms with E-state index in [1.54, 1.807) is 18.3 Å². The van der Waals surface area contributed by atoms with E-state index in [2.05, 4.69) is 163 Å². The first-order chi connectivity index (χ1) is 47.0. The van der Waals surface area contributed by atoms with Crippen molar-refractivity contribution in [1.82, 2.24) is 0 Å². The number of hydrogen-bond acceptors (Lipinski definition) is 4. The first kappa shape index (κ1) is 56.6. The predicted octanol–water partition coefficient (Wildman–Crippen LogP) is 24.7. The van der Waals surface area contributed by atoms with Gasteiger partial charge in [0.25, 0.3) is 0 Å². The van der Waals surface area contributed by atoms with Crippen LogP contribution in [0.1, 0.15) is 33.4 Å². The second-order valence-electron chi connectivity index (χ2n) is 24.1. The van der Waals surface area contributed by atoms with Gasteiger partial charge in [0, 0.05) is 44.4 Å². The monoisotopic (exact) mass is 1220 g/mol. The minimum Gasteiger partial charge on any atom is -0.454 e. The van der Waals surface area contributed by atoms with Crippen LogP contribution in [0.15, 0.2) is 361 Å². The van der Waals surface area contributed by atoms with Crippen LogP contribution < -0.4 is 9.80 Å². The molecule has 0 aliphatic heterocycles. The molecule has 0 fully saturated rings. The van der Waals surface area contributed by atoms with Gasteiger partial charge in [0.2, 0.25) is 0 Å². The fourth-order valence-corrected chi connectivity index (χ4v) is 14.5. The summed E-state index contributed by atoms with van der Waals surface area (Å²) in [6, 6.07) is 111. The Morgan fingerprint density at radius 1 is 0.389 bits per heavy atom. The molecular weight excluding hydrogens is 1170 g/mol. The number of fused-ring (bicyclic) bond motifs is 11. The third kappa shape index (κ3) is 9.73. The summed E-state index contributed by atoms with van der Waals surface area (Å²) in [5.41, 5.74) is 16.5. The second kappa shape index (κ2) is 23.7. The summed E-state index contributed by atoms with van der Waals surface area (Å²) in [7, 11) is 0. The molecule has 0 amide bonds. The molecule has 0 atom stereocenters. The summed E-state index contributed by atoms with van der Waals surface area (Å²) in [6.45, 7) is 0. The van der Waals surface area contributed by atoms with Crippen molar-refractivity contribution in [3.8, 4) is 33.4 Å². The zero-order valence-corrected chi connectivity index (χ0v) is 51.5. The van der Waals surface area contributed by atoms with Gasteiger partial charge < -0.3 is 18.6 Å². The Hall–Kier alpha value is -12.4. The van der Waals surface area contributed by atoms with Crippen LogP contribution >= 0.6 is 0 Å². The highest BCUT2D eigenvalue weighted by atomic mass is 19.1. The summed E-state index contributed by atoms with van der Waals surface area (Å²) >= 11 is 0. The number of nitrogens with zero attached hydrogens (tertiary/aromatic N) is 2. The summed E-state index contributed by atoms with van der Waals surface area (Å²) in [5, 5.41) is 5.58. The van der Waals surface area contributed by atoms with Gasteiger partial charge >= 0.3 is 0 Å². The minimum absolute atomic E-state index is 0.362. The number of rotatable bonds is 14. The lowest BCUT2D eigenvalue weighted by Crippen LogP contribution is -2.29. The van der Waals surface area contributed by atoms with Gasteiger partial charge in [0.05, 0.1) is 28.2 Å². The maximum Gasteiger partial charge on any atom is 0.159 e. The number of furan rings is 2.